The average molecular weight is 390 g/mol. The second-order valence-corrected chi connectivity index (χ2v) is 7.57. The molecule has 1 aromatic rings. The Kier molecular flexibility index (Phi) is 15.6. The van der Waals surface area contributed by atoms with Crippen LogP contribution in [-0.4, -0.2) is 56.7 Å². The van der Waals surface area contributed by atoms with Crippen molar-refractivity contribution in [3.05, 3.63) is 24.4 Å². The number of aromatic nitrogens is 1. The lowest BCUT2D eigenvalue weighted by Crippen LogP contribution is -2.20. The number of hydrogen-bond donors (Lipinski definition) is 0. The molecular formula is C18H31NO4S2. The van der Waals surface area contributed by atoms with Crippen molar-refractivity contribution in [3.63, 3.8) is 0 Å². The minimum Gasteiger partial charge on any atom is -0.379 e. The Labute approximate surface area is 159 Å². The molecule has 0 radical (unpaired) electrons. The van der Waals surface area contributed by atoms with Gasteiger partial charge in [-0.05, 0) is 49.6 Å². The predicted molar refractivity (Wildman–Crippen MR) is 105 cm³/mol. The Morgan fingerprint density at radius 1 is 0.960 bits per heavy atom. The van der Waals surface area contributed by atoms with Crippen LogP contribution in [0.2, 0.25) is 0 Å². The van der Waals surface area contributed by atoms with Crippen LogP contribution in [0.4, 0.5) is 0 Å². The van der Waals surface area contributed by atoms with E-state index in [1.165, 1.54) is 0 Å². The van der Waals surface area contributed by atoms with Crippen LogP contribution in [0.15, 0.2) is 29.4 Å². The molecule has 7 heteroatoms. The molecule has 0 bridgehead atoms. The lowest BCUT2D eigenvalue weighted by Gasteiger charge is -2.16. The molecule has 1 heterocycles. The van der Waals surface area contributed by atoms with Crippen LogP contribution in [0.1, 0.15) is 33.1 Å². The average Bonchev–Trinajstić information content (AvgIpc) is 2.64. The van der Waals surface area contributed by atoms with Crippen LogP contribution in [0, 0.1) is 0 Å². The second-order valence-electron chi connectivity index (χ2n) is 5.13. The first-order valence-corrected chi connectivity index (χ1v) is 11.3. The number of unbranched alkanes of at least 4 members (excludes halogenated alkanes) is 1. The highest BCUT2D eigenvalue weighted by Crippen LogP contribution is 2.29. The van der Waals surface area contributed by atoms with E-state index in [0.29, 0.717) is 33.0 Å². The summed E-state index contributed by atoms with van der Waals surface area (Å²) >= 11 is 0. The molecule has 1 rings (SSSR count). The van der Waals surface area contributed by atoms with Crippen molar-refractivity contribution in [3.8, 4) is 0 Å². The summed E-state index contributed by atoms with van der Waals surface area (Å²) in [6.07, 6.45) is 4.65. The topological polar surface area (TPSA) is 49.8 Å². The van der Waals surface area contributed by atoms with Gasteiger partial charge in [-0.25, -0.2) is 4.98 Å². The molecule has 0 aliphatic heterocycles. The Bertz CT molecular complexity index is 392. The molecule has 25 heavy (non-hydrogen) atoms. The third-order valence-electron chi connectivity index (χ3n) is 3.12. The largest absolute Gasteiger partial charge is 0.379 e. The summed E-state index contributed by atoms with van der Waals surface area (Å²) in [5.41, 5.74) is 0. The Morgan fingerprint density at radius 3 is 2.40 bits per heavy atom. The van der Waals surface area contributed by atoms with Gasteiger partial charge < -0.3 is 18.9 Å². The lowest BCUT2D eigenvalue weighted by molar-refractivity contribution is -0.147. The van der Waals surface area contributed by atoms with Gasteiger partial charge in [-0.3, -0.25) is 0 Å². The molecular weight excluding hydrogens is 358 g/mol. The number of ether oxygens (including phenoxy) is 4. The molecule has 0 aliphatic rings. The van der Waals surface area contributed by atoms with Gasteiger partial charge >= 0.3 is 0 Å². The maximum absolute atomic E-state index is 5.58. The Hall–Kier alpha value is -0.310. The first-order chi connectivity index (χ1) is 12.4. The zero-order chi connectivity index (χ0) is 18.0. The van der Waals surface area contributed by atoms with Gasteiger partial charge in [-0.15, -0.1) is 0 Å². The van der Waals surface area contributed by atoms with Crippen molar-refractivity contribution in [1.82, 2.24) is 4.98 Å². The molecule has 0 aliphatic carbocycles. The van der Waals surface area contributed by atoms with Crippen molar-refractivity contribution in [2.24, 2.45) is 0 Å². The highest BCUT2D eigenvalue weighted by atomic mass is 33.1. The second kappa shape index (κ2) is 17.1. The Balaban J connectivity index is 1.81. The summed E-state index contributed by atoms with van der Waals surface area (Å²) in [7, 11) is 3.57. The molecule has 144 valence electrons. The SMILES string of the molecule is CCOC(CCOCCOCCCCSSc1ccccn1)OCC. The number of rotatable bonds is 17. The molecule has 0 aromatic carbocycles. The van der Waals surface area contributed by atoms with Crippen LogP contribution in [0.5, 0.6) is 0 Å². The summed E-state index contributed by atoms with van der Waals surface area (Å²) in [5, 5.41) is 1.07. The fourth-order valence-electron chi connectivity index (χ4n) is 1.95. The van der Waals surface area contributed by atoms with Gasteiger partial charge in [0, 0.05) is 38.2 Å². The Morgan fingerprint density at radius 2 is 1.72 bits per heavy atom. The number of hydrogen-bond acceptors (Lipinski definition) is 7. The van der Waals surface area contributed by atoms with E-state index in [1.807, 2.05) is 49.0 Å². The fraction of sp³-hybridized carbons (Fsp3) is 0.722. The quantitative estimate of drug-likeness (QED) is 0.222. The zero-order valence-electron chi connectivity index (χ0n) is 15.4. The van der Waals surface area contributed by atoms with E-state index in [1.54, 1.807) is 10.8 Å². The molecule has 0 atom stereocenters. The third-order valence-corrected chi connectivity index (χ3v) is 5.47. The van der Waals surface area contributed by atoms with E-state index in [9.17, 15) is 0 Å². The van der Waals surface area contributed by atoms with Crippen molar-refractivity contribution in [2.75, 3.05) is 45.4 Å². The van der Waals surface area contributed by atoms with E-state index in [4.69, 9.17) is 18.9 Å². The summed E-state index contributed by atoms with van der Waals surface area (Å²) in [6.45, 7) is 7.94. The van der Waals surface area contributed by atoms with Crippen LogP contribution < -0.4 is 0 Å². The predicted octanol–water partition coefficient (Wildman–Crippen LogP) is 4.42. The third kappa shape index (κ3) is 13.5. The van der Waals surface area contributed by atoms with Crippen molar-refractivity contribution in [1.29, 1.82) is 0 Å². The molecule has 0 fully saturated rings. The molecule has 0 N–H and O–H groups in total. The van der Waals surface area contributed by atoms with Gasteiger partial charge in [0.15, 0.2) is 6.29 Å². The highest BCUT2D eigenvalue weighted by Gasteiger charge is 2.07. The van der Waals surface area contributed by atoms with E-state index in [2.05, 4.69) is 4.98 Å². The van der Waals surface area contributed by atoms with E-state index in [-0.39, 0.29) is 6.29 Å². The summed E-state index contributed by atoms with van der Waals surface area (Å²) < 4.78 is 22.1. The zero-order valence-corrected chi connectivity index (χ0v) is 17.0. The van der Waals surface area contributed by atoms with Crippen LogP contribution in [0.25, 0.3) is 0 Å². The fourth-order valence-corrected chi connectivity index (χ4v) is 3.98. The first kappa shape index (κ1) is 22.7. The van der Waals surface area contributed by atoms with Crippen molar-refractivity contribution >= 4 is 21.6 Å². The molecule has 1 aromatic heterocycles. The van der Waals surface area contributed by atoms with Gasteiger partial charge in [-0.2, -0.15) is 0 Å². The first-order valence-electron chi connectivity index (χ1n) is 8.96. The van der Waals surface area contributed by atoms with E-state index < -0.39 is 0 Å². The summed E-state index contributed by atoms with van der Waals surface area (Å²) in [4.78, 5) is 4.28. The molecule has 0 amide bonds. The standard InChI is InChI=1S/C18H31NO4S2/c1-3-22-18(23-4-2)10-13-21-15-14-20-12-7-8-16-24-25-17-9-5-6-11-19-17/h5-6,9,11,18H,3-4,7-8,10,12-16H2,1-2H3. The van der Waals surface area contributed by atoms with Crippen LogP contribution in [-0.2, 0) is 18.9 Å². The normalized spacial score (nSPS) is 11.3. The number of pyridine rings is 1. The van der Waals surface area contributed by atoms with Crippen molar-refractivity contribution in [2.45, 2.75) is 44.4 Å². The molecule has 0 unspecified atom stereocenters. The maximum Gasteiger partial charge on any atom is 0.159 e. The van der Waals surface area contributed by atoms with Crippen LogP contribution >= 0.6 is 21.6 Å². The smallest absolute Gasteiger partial charge is 0.159 e. The monoisotopic (exact) mass is 389 g/mol. The van der Waals surface area contributed by atoms with Crippen molar-refractivity contribution < 1.29 is 18.9 Å². The summed E-state index contributed by atoms with van der Waals surface area (Å²) in [6, 6.07) is 5.98. The van der Waals surface area contributed by atoms with Gasteiger partial charge in [0.05, 0.1) is 19.8 Å². The van der Waals surface area contributed by atoms with E-state index in [0.717, 1.165) is 36.6 Å². The minimum absolute atomic E-state index is 0.155. The lowest BCUT2D eigenvalue weighted by atomic mass is 10.4. The molecule has 0 saturated carbocycles. The van der Waals surface area contributed by atoms with Gasteiger partial charge in [-0.1, -0.05) is 16.9 Å². The van der Waals surface area contributed by atoms with Gasteiger partial charge in [0.25, 0.3) is 0 Å². The maximum atomic E-state index is 5.58. The number of nitrogens with zero attached hydrogens (tertiary/aromatic N) is 1. The minimum atomic E-state index is -0.155. The van der Waals surface area contributed by atoms with Gasteiger partial charge in [0.1, 0.15) is 5.03 Å². The summed E-state index contributed by atoms with van der Waals surface area (Å²) in [5.74, 6) is 1.11. The van der Waals surface area contributed by atoms with Gasteiger partial charge in [0.2, 0.25) is 0 Å². The highest BCUT2D eigenvalue weighted by molar-refractivity contribution is 8.76. The van der Waals surface area contributed by atoms with E-state index >= 15 is 0 Å². The van der Waals surface area contributed by atoms with Crippen LogP contribution in [0.3, 0.4) is 0 Å². The molecule has 5 nitrogen and oxygen atoms in total. The molecule has 0 saturated heterocycles. The molecule has 0 spiro atoms.